The van der Waals surface area contributed by atoms with Crippen molar-refractivity contribution < 1.29 is 24.3 Å². The molecule has 5 N–H and O–H groups in total. The number of carbonyl (C=O) groups is 4. The third-order valence-electron chi connectivity index (χ3n) is 2.98. The van der Waals surface area contributed by atoms with Crippen LogP contribution in [0.25, 0.3) is 0 Å². The number of primary amides is 1. The maximum atomic E-state index is 12.0. The summed E-state index contributed by atoms with van der Waals surface area (Å²) in [5, 5.41) is 13.8. The second kappa shape index (κ2) is 6.73. The Balaban J connectivity index is 2.74. The molecule has 1 fully saturated rings. The van der Waals surface area contributed by atoms with Crippen LogP contribution in [-0.4, -0.2) is 59.0 Å². The smallest absolute Gasteiger partial charge is 0.326 e. The number of carbonyl (C=O) groups excluding carboxylic acids is 3. The van der Waals surface area contributed by atoms with E-state index >= 15 is 0 Å². The Kier molecular flexibility index (Phi) is 5.30. The van der Waals surface area contributed by atoms with Crippen molar-refractivity contribution in [3.63, 3.8) is 0 Å². The lowest BCUT2D eigenvalue weighted by atomic mass is 10.1. The topological polar surface area (TPSA) is 142 Å². The Labute approximate surface area is 115 Å². The number of hydrogen-bond acceptors (Lipinski definition) is 4. The lowest BCUT2D eigenvalue weighted by Gasteiger charge is -2.35. The van der Waals surface area contributed by atoms with Gasteiger partial charge in [-0.3, -0.25) is 9.59 Å². The number of rotatable bonds is 5. The maximum absolute atomic E-state index is 12.0. The Hall–Kier alpha value is -2.32. The molecular formula is C11H18N4O5. The molecule has 1 heterocycles. The minimum atomic E-state index is -1.40. The zero-order valence-corrected chi connectivity index (χ0v) is 11.1. The molecule has 1 aliphatic heterocycles. The number of amides is 4. The number of hydrogen-bond donors (Lipinski definition) is 4. The van der Waals surface area contributed by atoms with Crippen molar-refractivity contribution in [3.8, 4) is 0 Å². The summed E-state index contributed by atoms with van der Waals surface area (Å²) in [6.07, 6.45) is -0.0925. The van der Waals surface area contributed by atoms with Crippen LogP contribution in [-0.2, 0) is 14.4 Å². The highest BCUT2D eigenvalue weighted by Crippen LogP contribution is 2.09. The van der Waals surface area contributed by atoms with Crippen LogP contribution in [0, 0.1) is 0 Å². The molecule has 0 aromatic carbocycles. The van der Waals surface area contributed by atoms with Gasteiger partial charge in [0.25, 0.3) is 0 Å². The molecule has 1 aliphatic rings. The summed E-state index contributed by atoms with van der Waals surface area (Å²) in [6.45, 7) is 2.32. The van der Waals surface area contributed by atoms with Gasteiger partial charge in [-0.1, -0.05) is 6.92 Å². The molecule has 0 aromatic rings. The maximum Gasteiger partial charge on any atom is 0.326 e. The van der Waals surface area contributed by atoms with Gasteiger partial charge in [-0.25, -0.2) is 9.59 Å². The van der Waals surface area contributed by atoms with Crippen LogP contribution in [0.15, 0.2) is 0 Å². The van der Waals surface area contributed by atoms with Gasteiger partial charge in [-0.05, 0) is 6.42 Å². The van der Waals surface area contributed by atoms with Gasteiger partial charge in [0.2, 0.25) is 11.8 Å². The van der Waals surface area contributed by atoms with Gasteiger partial charge >= 0.3 is 12.0 Å². The summed E-state index contributed by atoms with van der Waals surface area (Å²) in [7, 11) is 0. The average molecular weight is 286 g/mol. The second-order valence-electron chi connectivity index (χ2n) is 4.42. The van der Waals surface area contributed by atoms with Crippen molar-refractivity contribution in [3.05, 3.63) is 0 Å². The first-order valence-corrected chi connectivity index (χ1v) is 6.22. The summed E-state index contributed by atoms with van der Waals surface area (Å²) in [5.74, 6) is -2.47. The van der Waals surface area contributed by atoms with Gasteiger partial charge in [0.05, 0.1) is 6.42 Å². The number of piperazine rings is 1. The number of aliphatic carboxylic acids is 1. The number of nitrogens with zero attached hydrogens (tertiary/aromatic N) is 1. The SMILES string of the molecule is CCC1C(=O)NCCN1C(=O)N[C@@H](CC(N)=O)C(=O)O. The van der Waals surface area contributed by atoms with E-state index in [0.29, 0.717) is 13.0 Å². The van der Waals surface area contributed by atoms with Crippen LogP contribution in [0.4, 0.5) is 4.79 Å². The number of nitrogens with two attached hydrogens (primary N) is 1. The molecule has 0 aliphatic carbocycles. The fourth-order valence-electron chi connectivity index (χ4n) is 2.00. The molecule has 9 heteroatoms. The predicted molar refractivity (Wildman–Crippen MR) is 67.6 cm³/mol. The molecule has 112 valence electrons. The van der Waals surface area contributed by atoms with Crippen LogP contribution in [0.5, 0.6) is 0 Å². The molecule has 2 atom stereocenters. The van der Waals surface area contributed by atoms with Crippen molar-refractivity contribution in [1.29, 1.82) is 0 Å². The van der Waals surface area contributed by atoms with Crippen LogP contribution in [0.1, 0.15) is 19.8 Å². The Morgan fingerprint density at radius 1 is 1.55 bits per heavy atom. The van der Waals surface area contributed by atoms with Crippen LogP contribution in [0.2, 0.25) is 0 Å². The fourth-order valence-corrected chi connectivity index (χ4v) is 2.00. The zero-order valence-electron chi connectivity index (χ0n) is 11.1. The number of carboxylic acid groups (broad SMARTS) is 1. The van der Waals surface area contributed by atoms with E-state index < -0.39 is 36.4 Å². The largest absolute Gasteiger partial charge is 0.480 e. The van der Waals surface area contributed by atoms with Crippen molar-refractivity contribution >= 4 is 23.8 Å². The van der Waals surface area contributed by atoms with Gasteiger partial charge in [0.1, 0.15) is 12.1 Å². The van der Waals surface area contributed by atoms with Gasteiger partial charge in [-0.2, -0.15) is 0 Å². The first kappa shape index (κ1) is 15.7. The minimum absolute atomic E-state index is 0.277. The zero-order chi connectivity index (χ0) is 15.3. The van der Waals surface area contributed by atoms with Gasteiger partial charge < -0.3 is 26.4 Å². The highest BCUT2D eigenvalue weighted by atomic mass is 16.4. The molecule has 0 aromatic heterocycles. The average Bonchev–Trinajstić information content (AvgIpc) is 2.36. The minimum Gasteiger partial charge on any atom is -0.480 e. The number of nitrogens with one attached hydrogen (secondary N) is 2. The van der Waals surface area contributed by atoms with Gasteiger partial charge in [-0.15, -0.1) is 0 Å². The Morgan fingerprint density at radius 3 is 2.70 bits per heavy atom. The third kappa shape index (κ3) is 3.84. The molecule has 4 amide bonds. The lowest BCUT2D eigenvalue weighted by Crippen LogP contribution is -2.61. The summed E-state index contributed by atoms with van der Waals surface area (Å²) in [4.78, 5) is 46.6. The van der Waals surface area contributed by atoms with E-state index in [-0.39, 0.29) is 12.5 Å². The Morgan fingerprint density at radius 2 is 2.20 bits per heavy atom. The molecule has 1 rings (SSSR count). The standard InChI is InChI=1S/C11H18N4O5/c1-2-7-9(17)13-3-4-15(7)11(20)14-6(10(18)19)5-8(12)16/h6-7H,2-5H2,1H3,(H2,12,16)(H,13,17)(H,14,20)(H,18,19)/t6-,7?/m0/s1. The van der Waals surface area contributed by atoms with E-state index in [2.05, 4.69) is 10.6 Å². The van der Waals surface area contributed by atoms with Crippen molar-refractivity contribution in [2.24, 2.45) is 5.73 Å². The quantitative estimate of drug-likeness (QED) is 0.473. The van der Waals surface area contributed by atoms with Crippen molar-refractivity contribution in [2.45, 2.75) is 31.8 Å². The fraction of sp³-hybridized carbons (Fsp3) is 0.636. The van der Waals surface area contributed by atoms with Crippen molar-refractivity contribution in [2.75, 3.05) is 13.1 Å². The van der Waals surface area contributed by atoms with Crippen LogP contribution < -0.4 is 16.4 Å². The molecule has 0 bridgehead atoms. The van der Waals surface area contributed by atoms with E-state index in [0.717, 1.165) is 0 Å². The van der Waals surface area contributed by atoms with Gasteiger partial charge in [0.15, 0.2) is 0 Å². The summed E-state index contributed by atoms with van der Waals surface area (Å²) >= 11 is 0. The Bertz CT molecular complexity index is 425. The van der Waals surface area contributed by atoms with Gasteiger partial charge in [0, 0.05) is 13.1 Å². The predicted octanol–water partition coefficient (Wildman–Crippen LogP) is -1.76. The summed E-state index contributed by atoms with van der Waals surface area (Å²) in [6, 6.07) is -2.74. The molecular weight excluding hydrogens is 268 g/mol. The molecule has 0 saturated carbocycles. The van der Waals surface area contributed by atoms with E-state index in [1.807, 2.05) is 0 Å². The highest BCUT2D eigenvalue weighted by molar-refractivity contribution is 5.91. The van der Waals surface area contributed by atoms with E-state index in [9.17, 15) is 19.2 Å². The first-order valence-electron chi connectivity index (χ1n) is 6.22. The number of urea groups is 1. The normalized spacial score (nSPS) is 19.9. The van der Waals surface area contributed by atoms with E-state index in [1.54, 1.807) is 6.92 Å². The summed E-state index contributed by atoms with van der Waals surface area (Å²) < 4.78 is 0. The van der Waals surface area contributed by atoms with E-state index in [4.69, 9.17) is 10.8 Å². The number of carboxylic acids is 1. The van der Waals surface area contributed by atoms with Crippen LogP contribution >= 0.6 is 0 Å². The second-order valence-corrected chi connectivity index (χ2v) is 4.42. The van der Waals surface area contributed by atoms with E-state index in [1.165, 1.54) is 4.90 Å². The van der Waals surface area contributed by atoms with Crippen molar-refractivity contribution in [1.82, 2.24) is 15.5 Å². The monoisotopic (exact) mass is 286 g/mol. The first-order chi connectivity index (χ1) is 9.36. The molecule has 0 radical (unpaired) electrons. The molecule has 1 unspecified atom stereocenters. The summed E-state index contributed by atoms with van der Waals surface area (Å²) in [5.41, 5.74) is 4.93. The van der Waals surface area contributed by atoms with Crippen LogP contribution in [0.3, 0.4) is 0 Å². The highest BCUT2D eigenvalue weighted by Gasteiger charge is 2.33. The lowest BCUT2D eigenvalue weighted by molar-refractivity contribution is -0.141. The molecule has 20 heavy (non-hydrogen) atoms. The molecule has 1 saturated heterocycles. The molecule has 9 nitrogen and oxygen atoms in total. The third-order valence-corrected chi connectivity index (χ3v) is 2.98. The molecule has 0 spiro atoms.